The lowest BCUT2D eigenvalue weighted by atomic mass is 9.48. The SMILES string of the molecule is c1ccc2c(c1)sc1cc(N(c3ccc(C4CC5CCC4C5)cc3)c3ccc(C45CC6CC(CC(C6)C4)C5)cc3)ccc12. The van der Waals surface area contributed by atoms with Gasteiger partial charge in [-0.25, -0.2) is 0 Å². The van der Waals surface area contributed by atoms with Gasteiger partial charge in [0.05, 0.1) is 0 Å². The second-order valence-corrected chi connectivity index (χ2v) is 16.3. The molecule has 3 atom stereocenters. The van der Waals surface area contributed by atoms with Gasteiger partial charge in [-0.1, -0.05) is 55.0 Å². The third-order valence-electron chi connectivity index (χ3n) is 12.7. The van der Waals surface area contributed by atoms with Crippen molar-refractivity contribution < 1.29 is 0 Å². The molecule has 0 spiro atoms. The Morgan fingerprint density at radius 3 is 1.88 bits per heavy atom. The predicted octanol–water partition coefficient (Wildman–Crippen LogP) is 11.9. The normalized spacial score (nSPS) is 32.3. The minimum atomic E-state index is 0.441. The second kappa shape index (κ2) is 9.45. The van der Waals surface area contributed by atoms with E-state index in [2.05, 4.69) is 95.9 Å². The van der Waals surface area contributed by atoms with Gasteiger partial charge in [0.1, 0.15) is 0 Å². The van der Waals surface area contributed by atoms with Crippen LogP contribution in [0.3, 0.4) is 0 Å². The first-order valence-corrected chi connectivity index (χ1v) is 17.9. The summed E-state index contributed by atoms with van der Waals surface area (Å²) < 4.78 is 2.74. The first kappa shape index (κ1) is 25.2. The average Bonchev–Trinajstić information content (AvgIpc) is 3.76. The topological polar surface area (TPSA) is 3.24 Å². The number of anilines is 3. The van der Waals surface area contributed by atoms with Crippen LogP contribution in [0.4, 0.5) is 17.1 Å². The third kappa shape index (κ3) is 4.01. The molecule has 4 aromatic carbocycles. The lowest BCUT2D eigenvalue weighted by Gasteiger charge is -2.57. The van der Waals surface area contributed by atoms with Crippen LogP contribution in [0.2, 0.25) is 0 Å². The quantitative estimate of drug-likeness (QED) is 0.200. The van der Waals surface area contributed by atoms with Gasteiger partial charge in [0, 0.05) is 37.2 Å². The van der Waals surface area contributed by atoms with Crippen LogP contribution in [0.25, 0.3) is 20.2 Å². The standard InChI is InChI=1S/C41H41NS/c1-2-4-39-36(3-1)37-16-15-35(22-40(37)43-39)42(33-11-7-30(8-12-33)38-21-26-5-6-31(38)20-26)34-13-9-32(10-14-34)41-23-27-17-28(24-41)19-29(18-27)25-41/h1-4,7-16,22,26-29,31,38H,5-6,17-21,23-25H2. The van der Waals surface area contributed by atoms with Crippen molar-refractivity contribution in [1.29, 1.82) is 0 Å². The molecule has 43 heavy (non-hydrogen) atoms. The summed E-state index contributed by atoms with van der Waals surface area (Å²) in [7, 11) is 0. The van der Waals surface area contributed by atoms with Crippen LogP contribution in [0.15, 0.2) is 91.0 Å². The van der Waals surface area contributed by atoms with E-state index in [9.17, 15) is 0 Å². The van der Waals surface area contributed by atoms with Crippen LogP contribution in [0, 0.1) is 29.6 Å². The molecule has 1 heterocycles. The van der Waals surface area contributed by atoms with Crippen LogP contribution in [-0.4, -0.2) is 0 Å². The number of fused-ring (bicyclic) bond motifs is 5. The molecule has 6 saturated carbocycles. The van der Waals surface area contributed by atoms with Crippen LogP contribution in [0.1, 0.15) is 81.3 Å². The Balaban J connectivity index is 1.04. The molecule has 11 rings (SSSR count). The van der Waals surface area contributed by atoms with Gasteiger partial charge >= 0.3 is 0 Å². The zero-order valence-corrected chi connectivity index (χ0v) is 25.9. The van der Waals surface area contributed by atoms with Crippen molar-refractivity contribution >= 4 is 48.6 Å². The van der Waals surface area contributed by atoms with Crippen LogP contribution in [0.5, 0.6) is 0 Å². The van der Waals surface area contributed by atoms with E-state index in [0.29, 0.717) is 5.41 Å². The number of hydrogen-bond donors (Lipinski definition) is 0. The molecule has 6 bridgehead atoms. The Morgan fingerprint density at radius 2 is 1.21 bits per heavy atom. The Morgan fingerprint density at radius 1 is 0.558 bits per heavy atom. The fourth-order valence-electron chi connectivity index (χ4n) is 11.3. The first-order chi connectivity index (χ1) is 21.2. The second-order valence-electron chi connectivity index (χ2n) is 15.2. The van der Waals surface area contributed by atoms with Crippen molar-refractivity contribution in [3.05, 3.63) is 102 Å². The molecule has 0 radical (unpaired) electrons. The number of rotatable bonds is 5. The van der Waals surface area contributed by atoms with Crippen molar-refractivity contribution in [2.45, 2.75) is 75.5 Å². The highest BCUT2D eigenvalue weighted by Crippen LogP contribution is 2.61. The highest BCUT2D eigenvalue weighted by atomic mass is 32.1. The van der Waals surface area contributed by atoms with Gasteiger partial charge in [-0.2, -0.15) is 0 Å². The molecule has 0 amide bonds. The molecule has 0 N–H and O–H groups in total. The summed E-state index contributed by atoms with van der Waals surface area (Å²) in [6.07, 6.45) is 14.6. The molecule has 216 valence electrons. The van der Waals surface area contributed by atoms with E-state index < -0.39 is 0 Å². The maximum Gasteiger partial charge on any atom is 0.0476 e. The minimum Gasteiger partial charge on any atom is -0.310 e. The molecular weight excluding hydrogens is 539 g/mol. The van der Waals surface area contributed by atoms with Crippen molar-refractivity contribution in [2.75, 3.05) is 4.90 Å². The predicted molar refractivity (Wildman–Crippen MR) is 182 cm³/mol. The minimum absolute atomic E-state index is 0.441. The molecule has 0 aliphatic heterocycles. The molecule has 5 aromatic rings. The van der Waals surface area contributed by atoms with Gasteiger partial charge in [-0.15, -0.1) is 11.3 Å². The molecule has 1 aromatic heterocycles. The Hall–Kier alpha value is -3.10. The summed E-state index contributed by atoms with van der Waals surface area (Å²) >= 11 is 1.92. The van der Waals surface area contributed by atoms with Crippen LogP contribution in [-0.2, 0) is 5.41 Å². The maximum atomic E-state index is 2.51. The van der Waals surface area contributed by atoms with Gasteiger partial charge in [0.2, 0.25) is 0 Å². The summed E-state index contributed by atoms with van der Waals surface area (Å²) in [6.45, 7) is 0. The Bertz CT molecular complexity index is 1790. The Labute approximate surface area is 259 Å². The van der Waals surface area contributed by atoms with Gasteiger partial charge in [0.25, 0.3) is 0 Å². The van der Waals surface area contributed by atoms with E-state index in [1.807, 2.05) is 11.3 Å². The summed E-state index contributed by atoms with van der Waals surface area (Å²) in [6, 6.07) is 35.6. The number of benzene rings is 4. The lowest BCUT2D eigenvalue weighted by Crippen LogP contribution is -2.48. The summed E-state index contributed by atoms with van der Waals surface area (Å²) in [4.78, 5) is 2.51. The summed E-state index contributed by atoms with van der Waals surface area (Å²) in [5.74, 6) is 5.60. The molecule has 1 nitrogen and oxygen atoms in total. The molecule has 6 aliphatic carbocycles. The molecule has 6 fully saturated rings. The van der Waals surface area contributed by atoms with E-state index >= 15 is 0 Å². The van der Waals surface area contributed by atoms with Gasteiger partial charge in [0.15, 0.2) is 0 Å². The van der Waals surface area contributed by atoms with Crippen molar-refractivity contribution in [3.63, 3.8) is 0 Å². The van der Waals surface area contributed by atoms with Crippen molar-refractivity contribution in [1.82, 2.24) is 0 Å². The third-order valence-corrected chi connectivity index (χ3v) is 13.8. The van der Waals surface area contributed by atoms with Gasteiger partial charge < -0.3 is 4.90 Å². The zero-order valence-electron chi connectivity index (χ0n) is 25.1. The fraction of sp³-hybridized carbons (Fsp3) is 0.415. The smallest absolute Gasteiger partial charge is 0.0476 e. The Kier molecular flexibility index (Phi) is 5.55. The van der Waals surface area contributed by atoms with E-state index in [-0.39, 0.29) is 0 Å². The highest BCUT2D eigenvalue weighted by molar-refractivity contribution is 7.25. The molecule has 6 aliphatic rings. The molecule has 0 saturated heterocycles. The molecular formula is C41H41NS. The fourth-order valence-corrected chi connectivity index (χ4v) is 12.4. The van der Waals surface area contributed by atoms with E-state index in [4.69, 9.17) is 0 Å². The first-order valence-electron chi connectivity index (χ1n) is 17.1. The van der Waals surface area contributed by atoms with Crippen molar-refractivity contribution in [2.24, 2.45) is 29.6 Å². The highest BCUT2D eigenvalue weighted by Gasteiger charge is 2.51. The van der Waals surface area contributed by atoms with Gasteiger partial charge in [-0.3, -0.25) is 0 Å². The number of hydrogen-bond acceptors (Lipinski definition) is 2. The van der Waals surface area contributed by atoms with Crippen molar-refractivity contribution in [3.8, 4) is 0 Å². The average molecular weight is 580 g/mol. The molecule has 2 heteroatoms. The van der Waals surface area contributed by atoms with E-state index in [1.165, 1.54) is 101 Å². The van der Waals surface area contributed by atoms with Gasteiger partial charge in [-0.05, 0) is 152 Å². The largest absolute Gasteiger partial charge is 0.310 e. The van der Waals surface area contributed by atoms with Crippen LogP contribution >= 0.6 is 11.3 Å². The summed E-state index contributed by atoms with van der Waals surface area (Å²) in [5.41, 5.74) is 7.43. The van der Waals surface area contributed by atoms with Crippen LogP contribution < -0.4 is 4.90 Å². The monoisotopic (exact) mass is 579 g/mol. The van der Waals surface area contributed by atoms with E-state index in [1.54, 1.807) is 11.1 Å². The summed E-state index contributed by atoms with van der Waals surface area (Å²) in [5, 5.41) is 2.74. The van der Waals surface area contributed by atoms with E-state index in [0.717, 1.165) is 35.5 Å². The number of thiophene rings is 1. The molecule has 3 unspecified atom stereocenters. The number of nitrogens with zero attached hydrogens (tertiary/aromatic N) is 1. The lowest BCUT2D eigenvalue weighted by molar-refractivity contribution is -0.00518. The maximum absolute atomic E-state index is 2.51. The zero-order chi connectivity index (χ0) is 28.1.